The van der Waals surface area contributed by atoms with Crippen molar-refractivity contribution in [2.75, 3.05) is 16.1 Å². The van der Waals surface area contributed by atoms with Crippen molar-refractivity contribution in [3.63, 3.8) is 0 Å². The third-order valence-electron chi connectivity index (χ3n) is 3.17. The molecule has 0 radical (unpaired) electrons. The van der Waals surface area contributed by atoms with Gasteiger partial charge in [0.2, 0.25) is 11.1 Å². The molecule has 0 aliphatic carbocycles. The minimum atomic E-state index is -0.229. The standard InChI is InChI=1S/C16H18ClN5OS/c1-11-6-2-5-9-14(11)22(19)16(21-18)24-10-15(23)20-13-8-4-3-7-12(13)17/h2-9H,10,18-19H2,1H3,(H,20,23)/b21-16+. The summed E-state index contributed by atoms with van der Waals surface area (Å²) in [5.74, 6) is 11.3. The summed E-state index contributed by atoms with van der Waals surface area (Å²) in [6.45, 7) is 1.93. The fraction of sp³-hybridized carbons (Fsp3) is 0.125. The number of carbonyl (C=O) groups excluding carboxylic acids is 1. The zero-order chi connectivity index (χ0) is 17.5. The van der Waals surface area contributed by atoms with Crippen LogP contribution in [0.15, 0.2) is 53.6 Å². The van der Waals surface area contributed by atoms with Crippen LogP contribution >= 0.6 is 23.4 Å². The van der Waals surface area contributed by atoms with Crippen molar-refractivity contribution in [1.29, 1.82) is 0 Å². The van der Waals surface area contributed by atoms with Crippen LogP contribution in [0.5, 0.6) is 0 Å². The molecular weight excluding hydrogens is 346 g/mol. The number of thioether (sulfide) groups is 1. The average Bonchev–Trinajstić information content (AvgIpc) is 2.57. The van der Waals surface area contributed by atoms with E-state index in [2.05, 4.69) is 10.4 Å². The highest BCUT2D eigenvalue weighted by Crippen LogP contribution is 2.22. The summed E-state index contributed by atoms with van der Waals surface area (Å²) in [4.78, 5) is 12.1. The van der Waals surface area contributed by atoms with Crippen LogP contribution < -0.4 is 22.0 Å². The molecule has 0 aliphatic rings. The minimum Gasteiger partial charge on any atom is -0.324 e. The summed E-state index contributed by atoms with van der Waals surface area (Å²) < 4.78 is 0. The Morgan fingerprint density at radius 3 is 2.58 bits per heavy atom. The maximum absolute atomic E-state index is 12.1. The van der Waals surface area contributed by atoms with Gasteiger partial charge in [0.25, 0.3) is 0 Å². The fourth-order valence-corrected chi connectivity index (χ4v) is 2.81. The van der Waals surface area contributed by atoms with Crippen molar-refractivity contribution in [3.8, 4) is 0 Å². The lowest BCUT2D eigenvalue weighted by molar-refractivity contribution is -0.113. The van der Waals surface area contributed by atoms with Crippen molar-refractivity contribution in [2.45, 2.75) is 6.92 Å². The highest BCUT2D eigenvalue weighted by molar-refractivity contribution is 8.14. The van der Waals surface area contributed by atoms with E-state index in [1.807, 2.05) is 31.2 Å². The van der Waals surface area contributed by atoms with Crippen LogP contribution in [-0.4, -0.2) is 16.8 Å². The zero-order valence-corrected chi connectivity index (χ0v) is 14.6. The number of amides is 1. The number of amidine groups is 1. The summed E-state index contributed by atoms with van der Waals surface area (Å²) >= 11 is 7.15. The number of halogens is 1. The predicted molar refractivity (Wildman–Crippen MR) is 102 cm³/mol. The first-order valence-corrected chi connectivity index (χ1v) is 8.44. The number of hydrogen-bond acceptors (Lipinski definition) is 5. The number of hydrazone groups is 1. The minimum absolute atomic E-state index is 0.0981. The number of para-hydroxylation sites is 2. The third-order valence-corrected chi connectivity index (χ3v) is 4.47. The Kier molecular flexibility index (Phi) is 6.48. The van der Waals surface area contributed by atoms with Gasteiger partial charge >= 0.3 is 0 Å². The van der Waals surface area contributed by atoms with Crippen molar-refractivity contribution < 1.29 is 4.79 Å². The van der Waals surface area contributed by atoms with E-state index < -0.39 is 0 Å². The molecule has 5 N–H and O–H groups in total. The second-order valence-corrected chi connectivity index (χ2v) is 6.23. The lowest BCUT2D eigenvalue weighted by Gasteiger charge is -2.21. The van der Waals surface area contributed by atoms with Crippen molar-refractivity contribution in [3.05, 3.63) is 59.1 Å². The van der Waals surface area contributed by atoms with E-state index >= 15 is 0 Å². The fourth-order valence-electron chi connectivity index (χ4n) is 1.98. The quantitative estimate of drug-likeness (QED) is 0.336. The van der Waals surface area contributed by atoms with Gasteiger partial charge in [-0.1, -0.05) is 53.7 Å². The smallest absolute Gasteiger partial charge is 0.234 e. The summed E-state index contributed by atoms with van der Waals surface area (Å²) in [6.07, 6.45) is 0. The van der Waals surface area contributed by atoms with E-state index in [-0.39, 0.29) is 11.7 Å². The molecule has 0 unspecified atom stereocenters. The van der Waals surface area contributed by atoms with E-state index in [1.165, 1.54) is 5.01 Å². The Morgan fingerprint density at radius 2 is 1.92 bits per heavy atom. The lowest BCUT2D eigenvalue weighted by Crippen LogP contribution is -2.37. The van der Waals surface area contributed by atoms with E-state index in [1.54, 1.807) is 24.3 Å². The van der Waals surface area contributed by atoms with Gasteiger partial charge in [-0.25, -0.2) is 5.84 Å². The summed E-state index contributed by atoms with van der Waals surface area (Å²) in [5, 5.41) is 8.58. The Balaban J connectivity index is 1.98. The summed E-state index contributed by atoms with van der Waals surface area (Å²) in [7, 11) is 0. The molecule has 0 bridgehead atoms. The Bertz CT molecular complexity index is 753. The lowest BCUT2D eigenvalue weighted by atomic mass is 10.2. The first kappa shape index (κ1) is 18.1. The van der Waals surface area contributed by atoms with Gasteiger partial charge in [-0.3, -0.25) is 9.80 Å². The van der Waals surface area contributed by atoms with Gasteiger partial charge in [0, 0.05) is 0 Å². The van der Waals surface area contributed by atoms with Crippen LogP contribution in [0.1, 0.15) is 5.56 Å². The molecule has 126 valence electrons. The maximum Gasteiger partial charge on any atom is 0.234 e. The first-order chi connectivity index (χ1) is 11.5. The number of rotatable bonds is 4. The van der Waals surface area contributed by atoms with Gasteiger partial charge in [0.1, 0.15) is 0 Å². The Morgan fingerprint density at radius 1 is 1.25 bits per heavy atom. The number of nitrogens with zero attached hydrogens (tertiary/aromatic N) is 2. The van der Waals surface area contributed by atoms with E-state index in [4.69, 9.17) is 23.3 Å². The maximum atomic E-state index is 12.1. The molecule has 0 fully saturated rings. The van der Waals surface area contributed by atoms with Gasteiger partial charge < -0.3 is 11.2 Å². The normalized spacial score (nSPS) is 11.2. The Hall–Kier alpha value is -2.22. The number of anilines is 2. The second-order valence-electron chi connectivity index (χ2n) is 4.88. The number of hydrazine groups is 1. The number of carbonyl (C=O) groups is 1. The van der Waals surface area contributed by atoms with Crippen molar-refractivity contribution in [1.82, 2.24) is 0 Å². The highest BCUT2D eigenvalue weighted by atomic mass is 35.5. The number of hydrogen-bond donors (Lipinski definition) is 3. The molecular formula is C16H18ClN5OS. The molecule has 2 aromatic carbocycles. The second kappa shape index (κ2) is 8.58. The predicted octanol–water partition coefficient (Wildman–Crippen LogP) is 2.93. The van der Waals surface area contributed by atoms with Gasteiger partial charge in [0.15, 0.2) is 0 Å². The zero-order valence-electron chi connectivity index (χ0n) is 13.1. The molecule has 0 aromatic heterocycles. The molecule has 0 heterocycles. The Labute approximate surface area is 149 Å². The van der Waals surface area contributed by atoms with Gasteiger partial charge in [-0.05, 0) is 30.7 Å². The molecule has 0 saturated carbocycles. The number of nitrogens with one attached hydrogen (secondary N) is 1. The topological polar surface area (TPSA) is 96.7 Å². The van der Waals surface area contributed by atoms with Gasteiger partial charge in [0.05, 0.1) is 22.2 Å². The van der Waals surface area contributed by atoms with E-state index in [9.17, 15) is 4.79 Å². The van der Waals surface area contributed by atoms with Crippen LogP contribution in [0.2, 0.25) is 5.02 Å². The van der Waals surface area contributed by atoms with Crippen LogP contribution in [0.4, 0.5) is 11.4 Å². The number of aryl methyl sites for hydroxylation is 1. The number of benzene rings is 2. The van der Waals surface area contributed by atoms with Crippen LogP contribution in [0.3, 0.4) is 0 Å². The molecule has 24 heavy (non-hydrogen) atoms. The number of nitrogens with two attached hydrogens (primary N) is 2. The van der Waals surface area contributed by atoms with E-state index in [0.29, 0.717) is 15.9 Å². The van der Waals surface area contributed by atoms with Crippen LogP contribution in [0.25, 0.3) is 0 Å². The SMILES string of the molecule is Cc1ccccc1N(N)/C(=N\N)SCC(=O)Nc1ccccc1Cl. The molecule has 8 heteroatoms. The summed E-state index contributed by atoms with van der Waals surface area (Å²) in [5.41, 5.74) is 2.29. The largest absolute Gasteiger partial charge is 0.324 e. The molecule has 0 atom stereocenters. The van der Waals surface area contributed by atoms with Gasteiger partial charge in [-0.2, -0.15) is 5.10 Å². The monoisotopic (exact) mass is 363 g/mol. The third kappa shape index (κ3) is 4.64. The molecule has 0 spiro atoms. The van der Waals surface area contributed by atoms with Gasteiger partial charge in [-0.15, -0.1) is 0 Å². The van der Waals surface area contributed by atoms with Crippen molar-refractivity contribution >= 4 is 45.8 Å². The molecule has 2 rings (SSSR count). The first-order valence-electron chi connectivity index (χ1n) is 7.08. The molecule has 1 amide bonds. The van der Waals surface area contributed by atoms with Crippen LogP contribution in [-0.2, 0) is 4.79 Å². The summed E-state index contributed by atoms with van der Waals surface area (Å²) in [6, 6.07) is 14.6. The average molecular weight is 364 g/mol. The van der Waals surface area contributed by atoms with Crippen LogP contribution in [0, 0.1) is 6.92 Å². The molecule has 0 aliphatic heterocycles. The van der Waals surface area contributed by atoms with E-state index in [0.717, 1.165) is 23.0 Å². The molecule has 6 nitrogen and oxygen atoms in total. The highest BCUT2D eigenvalue weighted by Gasteiger charge is 2.15. The van der Waals surface area contributed by atoms with Crippen molar-refractivity contribution in [2.24, 2.45) is 16.8 Å². The molecule has 2 aromatic rings. The molecule has 0 saturated heterocycles.